The van der Waals surface area contributed by atoms with E-state index in [1.54, 1.807) is 0 Å². The summed E-state index contributed by atoms with van der Waals surface area (Å²) in [6.07, 6.45) is 4.88. The lowest BCUT2D eigenvalue weighted by Gasteiger charge is -2.17. The van der Waals surface area contributed by atoms with Crippen LogP contribution in [0.1, 0.15) is 30.4 Å². The highest BCUT2D eigenvalue weighted by Gasteiger charge is 2.28. The predicted molar refractivity (Wildman–Crippen MR) is 97.4 cm³/mol. The molecule has 1 heterocycles. The summed E-state index contributed by atoms with van der Waals surface area (Å²) in [6, 6.07) is 0.878. The van der Waals surface area contributed by atoms with E-state index in [-0.39, 0.29) is 35.1 Å². The van der Waals surface area contributed by atoms with Crippen LogP contribution in [0.5, 0.6) is 5.75 Å². The van der Waals surface area contributed by atoms with Crippen LogP contribution in [0, 0.1) is 11.6 Å². The standard InChI is InChI=1S/C20H18F2N2O5/c21-14-9-11-8-13(15(25)10-12(11)18(22)19(14)28)20(29)23-6-2-1-3-7-24-16(26)4-5-17(24)27/h4-5,8-9,28H,1-3,6-7,10H2,(H,23,29). The Bertz CT molecular complexity index is 950. The highest BCUT2D eigenvalue weighted by molar-refractivity contribution is 6.24. The first kappa shape index (κ1) is 20.4. The van der Waals surface area contributed by atoms with Crippen LogP contribution in [0.4, 0.5) is 8.78 Å². The van der Waals surface area contributed by atoms with Crippen molar-refractivity contribution in [3.05, 3.63) is 46.6 Å². The maximum Gasteiger partial charge on any atom is 0.254 e. The van der Waals surface area contributed by atoms with Gasteiger partial charge in [0.05, 0.1) is 5.57 Å². The number of unbranched alkanes of at least 4 members (excludes halogenated alkanes) is 2. The van der Waals surface area contributed by atoms with Crippen LogP contribution in [0.15, 0.2) is 23.8 Å². The van der Waals surface area contributed by atoms with E-state index >= 15 is 0 Å². The van der Waals surface area contributed by atoms with Crippen molar-refractivity contribution in [3.8, 4) is 5.75 Å². The second-order valence-corrected chi connectivity index (χ2v) is 6.72. The molecule has 0 spiro atoms. The van der Waals surface area contributed by atoms with Crippen LogP contribution in [0.25, 0.3) is 6.08 Å². The minimum atomic E-state index is -1.20. The molecule has 3 amide bonds. The van der Waals surface area contributed by atoms with Gasteiger partial charge in [-0.25, -0.2) is 8.78 Å². The van der Waals surface area contributed by atoms with Gasteiger partial charge in [0, 0.05) is 37.2 Å². The third-order valence-electron chi connectivity index (χ3n) is 4.76. The van der Waals surface area contributed by atoms with Crippen LogP contribution in [0.2, 0.25) is 0 Å². The molecule has 2 N–H and O–H groups in total. The topological polar surface area (TPSA) is 104 Å². The number of phenolic OH excluding ortho intramolecular Hbond substituents is 1. The van der Waals surface area contributed by atoms with Gasteiger partial charge in [-0.3, -0.25) is 24.1 Å². The van der Waals surface area contributed by atoms with Gasteiger partial charge in [0.25, 0.3) is 17.7 Å². The minimum absolute atomic E-state index is 0.0381. The molecular formula is C20H18F2N2O5. The SMILES string of the molecule is O=C1Cc2c(cc(F)c(O)c2F)C=C1C(=O)NCCCCCN1C(=O)C=CC1=O. The van der Waals surface area contributed by atoms with Crippen molar-refractivity contribution < 1.29 is 33.1 Å². The summed E-state index contributed by atoms with van der Waals surface area (Å²) in [6.45, 7) is 0.553. The number of Topliss-reactive ketones (excluding diaryl/α,β-unsaturated/α-hetero) is 1. The van der Waals surface area contributed by atoms with Crippen LogP contribution in [-0.4, -0.2) is 46.6 Å². The summed E-state index contributed by atoms with van der Waals surface area (Å²) < 4.78 is 27.4. The molecule has 0 aromatic heterocycles. The first-order valence-electron chi connectivity index (χ1n) is 9.06. The normalized spacial score (nSPS) is 15.6. The first-order valence-corrected chi connectivity index (χ1v) is 9.06. The smallest absolute Gasteiger partial charge is 0.254 e. The fraction of sp³-hybridized carbons (Fsp3) is 0.300. The molecule has 2 aliphatic rings. The van der Waals surface area contributed by atoms with Crippen LogP contribution < -0.4 is 5.32 Å². The monoisotopic (exact) mass is 404 g/mol. The van der Waals surface area contributed by atoms with E-state index in [2.05, 4.69) is 5.32 Å². The van der Waals surface area contributed by atoms with E-state index in [0.29, 0.717) is 25.8 Å². The number of hydrogen-bond donors (Lipinski definition) is 2. The Morgan fingerprint density at radius 3 is 2.48 bits per heavy atom. The number of aromatic hydroxyl groups is 1. The Labute approximate surface area is 164 Å². The number of carbonyl (C=O) groups excluding carboxylic acids is 4. The van der Waals surface area contributed by atoms with Gasteiger partial charge in [0.1, 0.15) is 0 Å². The lowest BCUT2D eigenvalue weighted by Crippen LogP contribution is -2.32. The third-order valence-corrected chi connectivity index (χ3v) is 4.76. The second kappa shape index (κ2) is 8.34. The molecule has 7 nitrogen and oxygen atoms in total. The fourth-order valence-corrected chi connectivity index (χ4v) is 3.18. The van der Waals surface area contributed by atoms with Crippen molar-refractivity contribution in [1.29, 1.82) is 0 Å². The van der Waals surface area contributed by atoms with Gasteiger partial charge in [-0.1, -0.05) is 0 Å². The van der Waals surface area contributed by atoms with Gasteiger partial charge in [-0.15, -0.1) is 0 Å². The molecule has 1 aromatic rings. The van der Waals surface area contributed by atoms with E-state index in [9.17, 15) is 33.1 Å². The van der Waals surface area contributed by atoms with Crippen LogP contribution >= 0.6 is 0 Å². The van der Waals surface area contributed by atoms with Gasteiger partial charge in [0.15, 0.2) is 23.2 Å². The number of carbonyl (C=O) groups is 4. The van der Waals surface area contributed by atoms with Crippen LogP contribution in [0.3, 0.4) is 0 Å². The van der Waals surface area contributed by atoms with Gasteiger partial charge >= 0.3 is 0 Å². The molecule has 0 unspecified atom stereocenters. The third kappa shape index (κ3) is 4.23. The van der Waals surface area contributed by atoms with Gasteiger partial charge in [-0.2, -0.15) is 0 Å². The quantitative estimate of drug-likeness (QED) is 0.406. The highest BCUT2D eigenvalue weighted by atomic mass is 19.1. The summed E-state index contributed by atoms with van der Waals surface area (Å²) in [5.74, 6) is -5.47. The molecule has 152 valence electrons. The van der Waals surface area contributed by atoms with E-state index < -0.39 is 35.5 Å². The summed E-state index contributed by atoms with van der Waals surface area (Å²) in [5.41, 5.74) is -0.316. The van der Waals surface area contributed by atoms with E-state index in [1.807, 2.05) is 0 Å². The number of amides is 3. The molecule has 3 rings (SSSR count). The number of phenols is 1. The van der Waals surface area contributed by atoms with E-state index in [0.717, 1.165) is 17.0 Å². The molecule has 0 radical (unpaired) electrons. The van der Waals surface area contributed by atoms with Crippen molar-refractivity contribution in [1.82, 2.24) is 10.2 Å². The second-order valence-electron chi connectivity index (χ2n) is 6.72. The molecule has 0 fully saturated rings. The number of nitrogens with one attached hydrogen (secondary N) is 1. The number of rotatable bonds is 7. The predicted octanol–water partition coefficient (Wildman–Crippen LogP) is 1.39. The highest BCUT2D eigenvalue weighted by Crippen LogP contribution is 2.31. The van der Waals surface area contributed by atoms with E-state index in [1.165, 1.54) is 12.2 Å². The number of imide groups is 1. The molecule has 0 atom stereocenters. The molecule has 1 aliphatic carbocycles. The molecule has 0 bridgehead atoms. The Morgan fingerprint density at radius 2 is 1.79 bits per heavy atom. The van der Waals surface area contributed by atoms with Gasteiger partial charge in [0.2, 0.25) is 0 Å². The van der Waals surface area contributed by atoms with Gasteiger partial charge in [-0.05, 0) is 37.0 Å². The maximum atomic E-state index is 13.9. The average molecular weight is 404 g/mol. The van der Waals surface area contributed by atoms with Crippen LogP contribution in [-0.2, 0) is 25.6 Å². The molecule has 0 saturated carbocycles. The van der Waals surface area contributed by atoms with Crippen molar-refractivity contribution in [3.63, 3.8) is 0 Å². The molecular weight excluding hydrogens is 386 g/mol. The maximum absolute atomic E-state index is 13.9. The zero-order valence-electron chi connectivity index (χ0n) is 15.3. The summed E-state index contributed by atoms with van der Waals surface area (Å²) >= 11 is 0. The molecule has 1 aromatic carbocycles. The first-order chi connectivity index (χ1) is 13.8. The number of halogens is 2. The number of benzene rings is 1. The molecule has 29 heavy (non-hydrogen) atoms. The minimum Gasteiger partial charge on any atom is -0.503 e. The van der Waals surface area contributed by atoms with Crippen molar-refractivity contribution in [2.75, 3.05) is 13.1 Å². The summed E-state index contributed by atoms with van der Waals surface area (Å²) in [5, 5.41) is 11.9. The Balaban J connectivity index is 1.50. The Hall–Kier alpha value is -3.36. The summed E-state index contributed by atoms with van der Waals surface area (Å²) in [7, 11) is 0. The van der Waals surface area contributed by atoms with Crippen molar-refractivity contribution in [2.24, 2.45) is 0 Å². The molecule has 1 aliphatic heterocycles. The summed E-state index contributed by atoms with van der Waals surface area (Å²) in [4.78, 5) is 48.3. The Kier molecular flexibility index (Phi) is 5.86. The zero-order valence-corrected chi connectivity index (χ0v) is 15.3. The molecule has 0 saturated heterocycles. The average Bonchev–Trinajstić information content (AvgIpc) is 3.01. The van der Waals surface area contributed by atoms with Crippen molar-refractivity contribution >= 4 is 29.6 Å². The van der Waals surface area contributed by atoms with Gasteiger partial charge < -0.3 is 10.4 Å². The lowest BCUT2D eigenvalue weighted by molar-refractivity contribution is -0.136. The number of nitrogens with zero attached hydrogens (tertiary/aromatic N) is 1. The largest absolute Gasteiger partial charge is 0.503 e. The zero-order chi connectivity index (χ0) is 21.1. The van der Waals surface area contributed by atoms with E-state index in [4.69, 9.17) is 0 Å². The van der Waals surface area contributed by atoms with Crippen molar-refractivity contribution in [2.45, 2.75) is 25.7 Å². The fourth-order valence-electron chi connectivity index (χ4n) is 3.18. The number of hydrogen-bond acceptors (Lipinski definition) is 5. The number of ketones is 1. The Morgan fingerprint density at radius 1 is 1.10 bits per heavy atom. The number of fused-ring (bicyclic) bond motifs is 1. The lowest BCUT2D eigenvalue weighted by atomic mass is 9.90. The molecule has 9 heteroatoms.